The molecule has 0 aromatic heterocycles. The van der Waals surface area contributed by atoms with Crippen LogP contribution in [0.3, 0.4) is 0 Å². The lowest BCUT2D eigenvalue weighted by molar-refractivity contribution is -0.157. The highest BCUT2D eigenvalue weighted by Gasteiger charge is 2.44. The Morgan fingerprint density at radius 3 is 2.16 bits per heavy atom. The Balaban J connectivity index is 1.24. The summed E-state index contributed by atoms with van der Waals surface area (Å²) in [6.45, 7) is 0.471. The van der Waals surface area contributed by atoms with Crippen molar-refractivity contribution < 1.29 is 14.3 Å². The topological polar surface area (TPSA) is 58.6 Å². The van der Waals surface area contributed by atoms with Gasteiger partial charge in [-0.2, -0.15) is 0 Å². The van der Waals surface area contributed by atoms with E-state index in [1.807, 2.05) is 105 Å². The Hall–Kier alpha value is -4.42. The number of nitrogens with zero attached hydrogens (tertiary/aromatic N) is 1. The molecule has 0 saturated heterocycles. The summed E-state index contributed by atoms with van der Waals surface area (Å²) >= 11 is 13.2. The van der Waals surface area contributed by atoms with Gasteiger partial charge in [-0.15, -0.1) is 0 Å². The number of carbonyl (C=O) groups excluding carboxylic acids is 2. The molecule has 1 saturated carbocycles. The number of hydrogen-bond acceptors (Lipinski definition) is 4. The van der Waals surface area contributed by atoms with E-state index in [4.69, 9.17) is 27.9 Å². The number of halogens is 2. The van der Waals surface area contributed by atoms with Crippen LogP contribution < -0.4 is 5.32 Å². The molecular formula is C49H52Cl2N2O3. The van der Waals surface area contributed by atoms with Crippen molar-refractivity contribution in [2.75, 3.05) is 20.6 Å². The van der Waals surface area contributed by atoms with Crippen LogP contribution in [0.5, 0.6) is 0 Å². The molecule has 1 amide bonds. The number of esters is 1. The van der Waals surface area contributed by atoms with Gasteiger partial charge >= 0.3 is 5.97 Å². The standard InChI is InChI=1S/C49H52Cl2N2O3/c1-52-41(31-34-21-28-40(50)29-22-34)33-53(2)48(55)44(43-30-25-37-15-9-10-18-42(37)43)32-47(54)56-49(38-16-7-4-8-17-38,45-19-11-12-20-46(45)51)39-26-23-36(24-27-39)35-13-5-3-6-14-35/h4,7-12,15-24,26-29,35,41,43-44,52H,3,5-6,13-14,25,30-33H2,1-2H3/t41-,43-,44+,49?/m1/s1. The fourth-order valence-corrected chi connectivity index (χ4v) is 9.56. The van der Waals surface area contributed by atoms with Crippen LogP contribution in [-0.2, 0) is 32.8 Å². The largest absolute Gasteiger partial charge is 0.444 e. The minimum atomic E-state index is -1.36. The molecule has 290 valence electrons. The lowest BCUT2D eigenvalue weighted by Crippen LogP contribution is -2.45. The van der Waals surface area contributed by atoms with Gasteiger partial charge in [0, 0.05) is 46.4 Å². The number of amides is 1. The van der Waals surface area contributed by atoms with E-state index >= 15 is 0 Å². The van der Waals surface area contributed by atoms with E-state index in [0.29, 0.717) is 28.1 Å². The maximum Gasteiger partial charge on any atom is 0.308 e. The van der Waals surface area contributed by atoms with Gasteiger partial charge < -0.3 is 15.0 Å². The fraction of sp³-hybridized carbons (Fsp3) is 0.347. The average molecular weight is 788 g/mol. The minimum absolute atomic E-state index is 0.00359. The molecular weight excluding hydrogens is 735 g/mol. The first-order valence-electron chi connectivity index (χ1n) is 20.1. The van der Waals surface area contributed by atoms with Crippen LogP contribution in [0.4, 0.5) is 0 Å². The molecule has 0 aliphatic heterocycles. The summed E-state index contributed by atoms with van der Waals surface area (Å²) in [5.41, 5.74) is 5.73. The van der Waals surface area contributed by atoms with Crippen molar-refractivity contribution in [1.82, 2.24) is 10.2 Å². The van der Waals surface area contributed by atoms with Crippen molar-refractivity contribution in [2.24, 2.45) is 5.92 Å². The van der Waals surface area contributed by atoms with E-state index < -0.39 is 17.5 Å². The van der Waals surface area contributed by atoms with Gasteiger partial charge in [0.15, 0.2) is 5.60 Å². The van der Waals surface area contributed by atoms with Gasteiger partial charge in [0.2, 0.25) is 5.91 Å². The van der Waals surface area contributed by atoms with Gasteiger partial charge in [0.05, 0.1) is 12.3 Å². The molecule has 0 bridgehead atoms. The molecule has 5 aromatic rings. The molecule has 2 aliphatic carbocycles. The first-order valence-corrected chi connectivity index (χ1v) is 20.9. The number of rotatable bonds is 14. The number of nitrogens with one attached hydrogen (secondary N) is 1. The molecule has 0 radical (unpaired) electrons. The van der Waals surface area contributed by atoms with Crippen molar-refractivity contribution >= 4 is 35.1 Å². The smallest absolute Gasteiger partial charge is 0.308 e. The van der Waals surface area contributed by atoms with Gasteiger partial charge in [0.25, 0.3) is 0 Å². The zero-order valence-corrected chi connectivity index (χ0v) is 33.9. The van der Waals surface area contributed by atoms with Crippen molar-refractivity contribution in [1.29, 1.82) is 0 Å². The Morgan fingerprint density at radius 2 is 1.45 bits per heavy atom. The number of aryl methyl sites for hydroxylation is 1. The monoisotopic (exact) mass is 786 g/mol. The lowest BCUT2D eigenvalue weighted by Gasteiger charge is -2.37. The Morgan fingerprint density at radius 1 is 0.786 bits per heavy atom. The van der Waals surface area contributed by atoms with Crippen LogP contribution in [0.2, 0.25) is 10.0 Å². The van der Waals surface area contributed by atoms with Gasteiger partial charge in [-0.25, -0.2) is 0 Å². The summed E-state index contributed by atoms with van der Waals surface area (Å²) in [7, 11) is 3.76. The van der Waals surface area contributed by atoms with Gasteiger partial charge in [0.1, 0.15) is 0 Å². The maximum absolute atomic E-state index is 14.9. The molecule has 4 atom stereocenters. The second kappa shape index (κ2) is 18.2. The quantitative estimate of drug-likeness (QED) is 0.0900. The number of ether oxygens (including phenoxy) is 1. The van der Waals surface area contributed by atoms with Crippen LogP contribution in [0.15, 0.2) is 127 Å². The predicted molar refractivity (Wildman–Crippen MR) is 227 cm³/mol. The molecule has 1 N–H and O–H groups in total. The molecule has 56 heavy (non-hydrogen) atoms. The minimum Gasteiger partial charge on any atom is -0.444 e. The average Bonchev–Trinajstić information content (AvgIpc) is 3.67. The third-order valence-electron chi connectivity index (χ3n) is 12.1. The Bertz CT molecular complexity index is 2080. The van der Waals surface area contributed by atoms with Crippen LogP contribution in [0.1, 0.15) is 95.7 Å². The van der Waals surface area contributed by atoms with Crippen LogP contribution in [0, 0.1) is 5.92 Å². The molecule has 1 fully saturated rings. The second-order valence-corrected chi connectivity index (χ2v) is 16.5. The van der Waals surface area contributed by atoms with Gasteiger partial charge in [-0.1, -0.05) is 152 Å². The van der Waals surface area contributed by atoms with E-state index in [-0.39, 0.29) is 24.3 Å². The Kier molecular flexibility index (Phi) is 13.0. The Labute approximate surface area is 342 Å². The molecule has 5 aromatic carbocycles. The summed E-state index contributed by atoms with van der Waals surface area (Å²) in [5.74, 6) is -0.747. The van der Waals surface area contributed by atoms with Crippen molar-refractivity contribution in [3.8, 4) is 0 Å². The summed E-state index contributed by atoms with van der Waals surface area (Å²) in [6, 6.07) is 42.2. The predicted octanol–water partition coefficient (Wildman–Crippen LogP) is 10.9. The number of likely N-dealkylation sites (N-methyl/N-ethyl adjacent to an activating group) is 2. The van der Waals surface area contributed by atoms with Crippen molar-refractivity contribution in [3.63, 3.8) is 0 Å². The highest BCUT2D eigenvalue weighted by Crippen LogP contribution is 2.46. The maximum atomic E-state index is 14.9. The summed E-state index contributed by atoms with van der Waals surface area (Å²) in [4.78, 5) is 31.5. The highest BCUT2D eigenvalue weighted by atomic mass is 35.5. The number of benzene rings is 5. The number of hydrogen-bond donors (Lipinski definition) is 1. The van der Waals surface area contributed by atoms with E-state index in [0.717, 1.165) is 41.5 Å². The summed E-state index contributed by atoms with van der Waals surface area (Å²) in [5, 5.41) is 4.59. The van der Waals surface area contributed by atoms with Gasteiger partial charge in [-0.05, 0) is 91.4 Å². The fourth-order valence-electron chi connectivity index (χ4n) is 9.16. The molecule has 0 spiro atoms. The normalized spacial score (nSPS) is 17.7. The molecule has 0 heterocycles. The van der Waals surface area contributed by atoms with E-state index in [1.54, 1.807) is 4.90 Å². The SMILES string of the molecule is CN[C@H](Cc1ccc(Cl)cc1)CN(C)C(=O)[C@@H](CC(=O)OC(c1ccccc1)(c1ccc(C2CCCCC2)cc1)c1ccccc1Cl)[C@@H]1CCc2ccccc21. The van der Waals surface area contributed by atoms with Crippen LogP contribution in [-0.4, -0.2) is 43.5 Å². The third kappa shape index (κ3) is 8.76. The van der Waals surface area contributed by atoms with Crippen LogP contribution >= 0.6 is 23.2 Å². The first-order chi connectivity index (χ1) is 27.3. The zero-order valence-electron chi connectivity index (χ0n) is 32.4. The van der Waals surface area contributed by atoms with Gasteiger partial charge in [-0.3, -0.25) is 9.59 Å². The molecule has 7 rings (SSSR count). The molecule has 1 unspecified atom stereocenters. The molecule has 5 nitrogen and oxygen atoms in total. The lowest BCUT2D eigenvalue weighted by atomic mass is 9.78. The van der Waals surface area contributed by atoms with E-state index in [2.05, 4.69) is 41.7 Å². The molecule has 7 heteroatoms. The highest BCUT2D eigenvalue weighted by molar-refractivity contribution is 6.31. The second-order valence-electron chi connectivity index (χ2n) is 15.6. The zero-order chi connectivity index (χ0) is 39.1. The van der Waals surface area contributed by atoms with Crippen molar-refractivity contribution in [2.45, 2.75) is 81.3 Å². The van der Waals surface area contributed by atoms with Crippen LogP contribution in [0.25, 0.3) is 0 Å². The summed E-state index contributed by atoms with van der Waals surface area (Å²) in [6.07, 6.45) is 8.45. The first kappa shape index (κ1) is 39.8. The number of fused-ring (bicyclic) bond motifs is 1. The van der Waals surface area contributed by atoms with E-state index in [1.165, 1.54) is 43.2 Å². The van der Waals surface area contributed by atoms with E-state index in [9.17, 15) is 9.59 Å². The number of carbonyl (C=O) groups is 2. The third-order valence-corrected chi connectivity index (χ3v) is 12.7. The van der Waals surface area contributed by atoms with Crippen molar-refractivity contribution in [3.05, 3.63) is 176 Å². The summed E-state index contributed by atoms with van der Waals surface area (Å²) < 4.78 is 6.94. The molecule has 2 aliphatic rings.